The Morgan fingerprint density at radius 3 is 2.57 bits per heavy atom. The molecule has 126 valence electrons. The molecule has 0 aliphatic carbocycles. The zero-order valence-corrected chi connectivity index (χ0v) is 15.6. The van der Waals surface area contributed by atoms with E-state index in [4.69, 9.17) is 16.3 Å². The van der Waals surface area contributed by atoms with Crippen LogP contribution in [0.3, 0.4) is 0 Å². The average molecular weight is 335 g/mol. The van der Waals surface area contributed by atoms with Gasteiger partial charge in [-0.1, -0.05) is 38.4 Å². The summed E-state index contributed by atoms with van der Waals surface area (Å²) < 4.78 is 7.61. The van der Waals surface area contributed by atoms with Gasteiger partial charge in [0.15, 0.2) is 0 Å². The fraction of sp³-hybridized carbons (Fsp3) is 0.526. The van der Waals surface area contributed by atoms with Gasteiger partial charge in [-0.25, -0.2) is 0 Å². The van der Waals surface area contributed by atoms with E-state index in [0.717, 1.165) is 47.1 Å². The number of aromatic nitrogens is 2. The van der Waals surface area contributed by atoms with E-state index in [1.165, 1.54) is 12.0 Å². The summed E-state index contributed by atoms with van der Waals surface area (Å²) in [6, 6.07) is 6.42. The lowest BCUT2D eigenvalue weighted by atomic mass is 10.00. The highest BCUT2D eigenvalue weighted by molar-refractivity contribution is 6.33. The van der Waals surface area contributed by atoms with Crippen molar-refractivity contribution in [2.75, 3.05) is 7.11 Å². The lowest BCUT2D eigenvalue weighted by Crippen LogP contribution is -2.01. The fourth-order valence-electron chi connectivity index (χ4n) is 2.74. The first-order chi connectivity index (χ1) is 11.0. The molecule has 0 amide bonds. The maximum absolute atomic E-state index is 6.58. The molecule has 0 spiro atoms. The maximum Gasteiger partial charge on any atom is 0.128 e. The number of ether oxygens (including phenoxy) is 1. The molecular weight excluding hydrogens is 308 g/mol. The highest BCUT2D eigenvalue weighted by Crippen LogP contribution is 2.37. The molecule has 23 heavy (non-hydrogen) atoms. The van der Waals surface area contributed by atoms with Crippen molar-refractivity contribution in [3.8, 4) is 17.0 Å². The van der Waals surface area contributed by atoms with E-state index in [0.29, 0.717) is 5.92 Å². The lowest BCUT2D eigenvalue weighted by Gasteiger charge is -2.13. The van der Waals surface area contributed by atoms with Crippen LogP contribution in [-0.2, 0) is 19.4 Å². The Balaban J connectivity index is 2.45. The molecule has 0 aliphatic rings. The monoisotopic (exact) mass is 334 g/mol. The average Bonchev–Trinajstić information content (AvgIpc) is 2.88. The van der Waals surface area contributed by atoms with Crippen LogP contribution in [0, 0.1) is 5.92 Å². The third-order valence-corrected chi connectivity index (χ3v) is 4.52. The first kappa shape index (κ1) is 17.9. The Labute approximate surface area is 144 Å². The van der Waals surface area contributed by atoms with Crippen LogP contribution in [0.25, 0.3) is 11.3 Å². The molecule has 0 unspecified atom stereocenters. The summed E-state index contributed by atoms with van der Waals surface area (Å²) >= 11 is 6.58. The molecule has 0 saturated heterocycles. The number of nitrogens with zero attached hydrogens (tertiary/aromatic N) is 2. The third kappa shape index (κ3) is 3.89. The number of benzene rings is 1. The molecule has 0 bridgehead atoms. The van der Waals surface area contributed by atoms with Gasteiger partial charge in [-0.05, 0) is 49.8 Å². The van der Waals surface area contributed by atoms with Crippen LogP contribution in [-0.4, -0.2) is 16.9 Å². The fourth-order valence-corrected chi connectivity index (χ4v) is 3.11. The van der Waals surface area contributed by atoms with Crippen molar-refractivity contribution in [3.05, 3.63) is 34.5 Å². The van der Waals surface area contributed by atoms with Gasteiger partial charge in [-0.2, -0.15) is 5.10 Å². The van der Waals surface area contributed by atoms with Crippen molar-refractivity contribution in [1.29, 1.82) is 0 Å². The number of halogens is 1. The number of hydrogen-bond donors (Lipinski definition) is 0. The van der Waals surface area contributed by atoms with Gasteiger partial charge < -0.3 is 4.74 Å². The molecule has 1 aromatic heterocycles. The second kappa shape index (κ2) is 7.87. The summed E-state index contributed by atoms with van der Waals surface area (Å²) in [4.78, 5) is 0. The van der Waals surface area contributed by atoms with Gasteiger partial charge >= 0.3 is 0 Å². The second-order valence-corrected chi connectivity index (χ2v) is 6.62. The highest BCUT2D eigenvalue weighted by Gasteiger charge is 2.19. The van der Waals surface area contributed by atoms with E-state index in [1.807, 2.05) is 4.68 Å². The largest absolute Gasteiger partial charge is 0.496 e. The molecule has 0 atom stereocenters. The standard InChI is InChI=1S/C19H27ClN2O/c1-6-16-18(20)19(22(7-2)21-16)15-11-10-14(9-8-13(3)4)12-17(15)23-5/h10-13H,6-9H2,1-5H3. The quantitative estimate of drug-likeness (QED) is 0.679. The Kier molecular flexibility index (Phi) is 6.11. The van der Waals surface area contributed by atoms with Gasteiger partial charge in [0.1, 0.15) is 5.75 Å². The first-order valence-electron chi connectivity index (χ1n) is 8.44. The van der Waals surface area contributed by atoms with Gasteiger partial charge in [0.2, 0.25) is 0 Å². The van der Waals surface area contributed by atoms with Crippen molar-refractivity contribution in [2.24, 2.45) is 5.92 Å². The Hall–Kier alpha value is -1.48. The molecule has 0 N–H and O–H groups in total. The zero-order chi connectivity index (χ0) is 17.0. The Morgan fingerprint density at radius 2 is 2.00 bits per heavy atom. The minimum absolute atomic E-state index is 0.698. The summed E-state index contributed by atoms with van der Waals surface area (Å²) in [6.07, 6.45) is 3.07. The maximum atomic E-state index is 6.58. The molecule has 2 rings (SSSR count). The van der Waals surface area contributed by atoms with Crippen LogP contribution in [0.4, 0.5) is 0 Å². The molecule has 0 fully saturated rings. The van der Waals surface area contributed by atoms with Gasteiger partial charge in [0.05, 0.1) is 23.5 Å². The minimum Gasteiger partial charge on any atom is -0.496 e. The van der Waals surface area contributed by atoms with Crippen LogP contribution in [0.1, 0.15) is 45.4 Å². The topological polar surface area (TPSA) is 27.1 Å². The number of aryl methyl sites for hydroxylation is 3. The van der Waals surface area contributed by atoms with Crippen molar-refractivity contribution >= 4 is 11.6 Å². The van der Waals surface area contributed by atoms with Gasteiger partial charge in [0, 0.05) is 12.1 Å². The molecule has 0 radical (unpaired) electrons. The SMILES string of the molecule is CCc1nn(CC)c(-c2ccc(CCC(C)C)cc2OC)c1Cl. The molecule has 1 heterocycles. The van der Waals surface area contributed by atoms with E-state index >= 15 is 0 Å². The van der Waals surface area contributed by atoms with E-state index in [9.17, 15) is 0 Å². The Bertz CT molecular complexity index is 662. The molecule has 0 saturated carbocycles. The van der Waals surface area contributed by atoms with Gasteiger partial charge in [-0.15, -0.1) is 0 Å². The van der Waals surface area contributed by atoms with Crippen LogP contribution >= 0.6 is 11.6 Å². The molecule has 3 nitrogen and oxygen atoms in total. The van der Waals surface area contributed by atoms with Crippen LogP contribution in [0.5, 0.6) is 5.75 Å². The zero-order valence-electron chi connectivity index (χ0n) is 14.8. The summed E-state index contributed by atoms with van der Waals surface area (Å²) in [5.74, 6) is 1.56. The van der Waals surface area contributed by atoms with Crippen molar-refractivity contribution < 1.29 is 4.74 Å². The lowest BCUT2D eigenvalue weighted by molar-refractivity contribution is 0.415. The highest BCUT2D eigenvalue weighted by atomic mass is 35.5. The normalized spacial score (nSPS) is 11.3. The van der Waals surface area contributed by atoms with Crippen molar-refractivity contribution in [3.63, 3.8) is 0 Å². The van der Waals surface area contributed by atoms with Gasteiger partial charge in [0.25, 0.3) is 0 Å². The molecular formula is C19H27ClN2O. The van der Waals surface area contributed by atoms with Crippen LogP contribution in [0.2, 0.25) is 5.02 Å². The van der Waals surface area contributed by atoms with E-state index in [1.54, 1.807) is 7.11 Å². The molecule has 0 aliphatic heterocycles. The predicted octanol–water partition coefficient (Wildman–Crippen LogP) is 5.38. The molecule has 4 heteroatoms. The number of methoxy groups -OCH3 is 1. The van der Waals surface area contributed by atoms with E-state index in [2.05, 4.69) is 51.0 Å². The van der Waals surface area contributed by atoms with Crippen molar-refractivity contribution in [1.82, 2.24) is 9.78 Å². The summed E-state index contributed by atoms with van der Waals surface area (Å²) in [5.41, 5.74) is 4.21. The van der Waals surface area contributed by atoms with E-state index < -0.39 is 0 Å². The minimum atomic E-state index is 0.698. The number of hydrogen-bond acceptors (Lipinski definition) is 2. The van der Waals surface area contributed by atoms with Crippen LogP contribution in [0.15, 0.2) is 18.2 Å². The second-order valence-electron chi connectivity index (χ2n) is 6.25. The Morgan fingerprint density at radius 1 is 1.26 bits per heavy atom. The van der Waals surface area contributed by atoms with Crippen molar-refractivity contribution in [2.45, 2.75) is 53.5 Å². The summed E-state index contributed by atoms with van der Waals surface area (Å²) in [5, 5.41) is 5.35. The number of rotatable bonds is 7. The third-order valence-electron chi connectivity index (χ3n) is 4.13. The molecule has 1 aromatic carbocycles. The first-order valence-corrected chi connectivity index (χ1v) is 8.82. The smallest absolute Gasteiger partial charge is 0.128 e. The summed E-state index contributed by atoms with van der Waals surface area (Å²) in [7, 11) is 1.71. The predicted molar refractivity (Wildman–Crippen MR) is 97.4 cm³/mol. The van der Waals surface area contributed by atoms with Gasteiger partial charge in [-0.3, -0.25) is 4.68 Å². The van der Waals surface area contributed by atoms with E-state index in [-0.39, 0.29) is 0 Å². The summed E-state index contributed by atoms with van der Waals surface area (Å²) in [6.45, 7) is 9.43. The molecule has 2 aromatic rings. The van der Waals surface area contributed by atoms with Crippen LogP contribution < -0.4 is 4.74 Å².